The molecule has 0 aromatic heterocycles. The molecule has 0 fully saturated rings. The van der Waals surface area contributed by atoms with E-state index in [1.807, 2.05) is 0 Å². The molecule has 17 heteroatoms. The molecule has 1 heterocycles. The summed E-state index contributed by atoms with van der Waals surface area (Å²) in [6.45, 7) is 9.55. The van der Waals surface area contributed by atoms with Gasteiger partial charge in [-0.1, -0.05) is 18.2 Å². The highest BCUT2D eigenvalue weighted by atomic mass is 32.2. The quantitative estimate of drug-likeness (QED) is 0.0809. The third-order valence-electron chi connectivity index (χ3n) is 9.76. The molecule has 6 rings (SSSR count). The van der Waals surface area contributed by atoms with Crippen LogP contribution in [0.5, 0.6) is 11.5 Å². The topological polar surface area (TPSA) is 219 Å². The number of hydrogen-bond donors (Lipinski definition) is 4. The van der Waals surface area contributed by atoms with E-state index in [4.69, 9.17) is 18.9 Å². The SMILES string of the molecule is COc1c(C)c(/N=c2\ccc3c(-c4ccccc4S(=O)(=O)O)c4ccc(Nc5c(C)c(OC)c(C)c(S(=O)(=O)O)c5C)cc4oc-3c2)c(C)c(S(=O)(=O)O)c1C. The highest BCUT2D eigenvalue weighted by Gasteiger charge is 2.28. The van der Waals surface area contributed by atoms with Gasteiger partial charge in [0.15, 0.2) is 0 Å². The number of benzene rings is 5. The van der Waals surface area contributed by atoms with Crippen molar-refractivity contribution in [2.24, 2.45) is 4.99 Å². The Morgan fingerprint density at radius 2 is 1.21 bits per heavy atom. The van der Waals surface area contributed by atoms with E-state index in [9.17, 15) is 38.9 Å². The first-order valence-electron chi connectivity index (χ1n) is 16.8. The van der Waals surface area contributed by atoms with Crippen LogP contribution in [0.4, 0.5) is 17.1 Å². The van der Waals surface area contributed by atoms with Crippen molar-refractivity contribution in [3.05, 3.63) is 99.4 Å². The lowest BCUT2D eigenvalue weighted by Crippen LogP contribution is -2.10. The predicted molar refractivity (Wildman–Crippen MR) is 211 cm³/mol. The van der Waals surface area contributed by atoms with Crippen LogP contribution in [0.25, 0.3) is 33.4 Å². The molecule has 1 aliphatic carbocycles. The molecule has 0 saturated heterocycles. The molecule has 0 radical (unpaired) electrons. The molecule has 0 spiro atoms. The summed E-state index contributed by atoms with van der Waals surface area (Å²) in [5.41, 5.74) is 4.21. The Morgan fingerprint density at radius 3 is 1.80 bits per heavy atom. The minimum Gasteiger partial charge on any atom is -0.496 e. The number of rotatable bonds is 9. The Bertz CT molecular complexity index is 3010. The first kappa shape index (κ1) is 40.4. The lowest BCUT2D eigenvalue weighted by Gasteiger charge is -2.21. The van der Waals surface area contributed by atoms with Gasteiger partial charge in [0.25, 0.3) is 30.4 Å². The van der Waals surface area contributed by atoms with Crippen LogP contribution in [0, 0.1) is 41.5 Å². The summed E-state index contributed by atoms with van der Waals surface area (Å²) in [4.78, 5) is 3.76. The number of hydrogen-bond acceptors (Lipinski definition) is 11. The zero-order valence-electron chi connectivity index (χ0n) is 31.5. The molecule has 0 atom stereocenters. The zero-order chi connectivity index (χ0) is 41.2. The maximum absolute atomic E-state index is 12.7. The van der Waals surface area contributed by atoms with E-state index in [2.05, 4.69) is 5.32 Å². The molecular formula is C39H38N2O12S3. The van der Waals surface area contributed by atoms with Crippen LogP contribution in [0.3, 0.4) is 0 Å². The summed E-state index contributed by atoms with van der Waals surface area (Å²) >= 11 is 0. The van der Waals surface area contributed by atoms with Crippen LogP contribution in [0.2, 0.25) is 0 Å². The Hall–Kier alpha value is -5.30. The maximum Gasteiger partial charge on any atom is 0.295 e. The fourth-order valence-electron chi connectivity index (χ4n) is 7.57. The van der Waals surface area contributed by atoms with Crippen LogP contribution in [0.1, 0.15) is 33.4 Å². The molecule has 56 heavy (non-hydrogen) atoms. The van der Waals surface area contributed by atoms with Gasteiger partial charge in [0.2, 0.25) is 0 Å². The Kier molecular flexibility index (Phi) is 10.3. The Labute approximate surface area is 324 Å². The first-order valence-corrected chi connectivity index (χ1v) is 21.1. The van der Waals surface area contributed by atoms with Crippen molar-refractivity contribution in [3.8, 4) is 33.9 Å². The summed E-state index contributed by atoms with van der Waals surface area (Å²) < 4.78 is 123. The third kappa shape index (κ3) is 7.01. The summed E-state index contributed by atoms with van der Waals surface area (Å²) in [6.07, 6.45) is 0. The smallest absolute Gasteiger partial charge is 0.295 e. The minimum atomic E-state index is -4.71. The molecule has 4 aromatic carbocycles. The van der Waals surface area contributed by atoms with Crippen LogP contribution in [0.15, 0.2) is 84.8 Å². The molecule has 0 unspecified atom stereocenters. The number of anilines is 2. The van der Waals surface area contributed by atoms with Crippen LogP contribution in [-0.4, -0.2) is 53.1 Å². The van der Waals surface area contributed by atoms with Crippen LogP contribution in [-0.2, 0) is 30.4 Å². The Balaban J connectivity index is 1.67. The average molecular weight is 823 g/mol. The van der Waals surface area contributed by atoms with Crippen molar-refractivity contribution < 1.29 is 52.8 Å². The molecule has 4 N–H and O–H groups in total. The van der Waals surface area contributed by atoms with Gasteiger partial charge < -0.3 is 19.2 Å². The highest BCUT2D eigenvalue weighted by Crippen LogP contribution is 2.45. The second-order valence-corrected chi connectivity index (χ2v) is 17.3. The van der Waals surface area contributed by atoms with Crippen molar-refractivity contribution in [2.75, 3.05) is 19.5 Å². The molecule has 2 aliphatic rings. The molecule has 0 saturated carbocycles. The van der Waals surface area contributed by atoms with Gasteiger partial charge in [0, 0.05) is 67.8 Å². The molecule has 14 nitrogen and oxygen atoms in total. The van der Waals surface area contributed by atoms with E-state index >= 15 is 0 Å². The van der Waals surface area contributed by atoms with Crippen molar-refractivity contribution in [2.45, 2.75) is 56.2 Å². The summed E-state index contributed by atoms with van der Waals surface area (Å²) in [6, 6.07) is 15.7. The molecule has 1 aliphatic heterocycles. The number of methoxy groups -OCH3 is 2. The van der Waals surface area contributed by atoms with Gasteiger partial charge in [-0.3, -0.25) is 13.7 Å². The third-order valence-corrected chi connectivity index (χ3v) is 12.9. The zero-order valence-corrected chi connectivity index (χ0v) is 33.9. The fraction of sp³-hybridized carbons (Fsp3) is 0.205. The van der Waals surface area contributed by atoms with E-state index in [1.165, 1.54) is 47.1 Å². The lowest BCUT2D eigenvalue weighted by atomic mass is 9.93. The van der Waals surface area contributed by atoms with Gasteiger partial charge in [-0.2, -0.15) is 25.3 Å². The summed E-state index contributed by atoms with van der Waals surface area (Å²) in [5, 5.41) is 3.98. The molecule has 0 bridgehead atoms. The lowest BCUT2D eigenvalue weighted by molar-refractivity contribution is 0.405. The molecule has 294 valence electrons. The Morgan fingerprint density at radius 1 is 0.625 bits per heavy atom. The van der Waals surface area contributed by atoms with Gasteiger partial charge in [-0.05, 0) is 83.0 Å². The predicted octanol–water partition coefficient (Wildman–Crippen LogP) is 7.79. The van der Waals surface area contributed by atoms with E-state index in [-0.39, 0.29) is 71.0 Å². The second-order valence-electron chi connectivity index (χ2n) is 13.2. The number of nitrogens with zero attached hydrogens (tertiary/aromatic N) is 1. The normalized spacial score (nSPS) is 12.7. The number of ether oxygens (including phenoxy) is 2. The van der Waals surface area contributed by atoms with E-state index < -0.39 is 30.4 Å². The van der Waals surface area contributed by atoms with Gasteiger partial charge in [-0.25, -0.2) is 4.99 Å². The highest BCUT2D eigenvalue weighted by molar-refractivity contribution is 7.86. The van der Waals surface area contributed by atoms with Crippen molar-refractivity contribution >= 4 is 58.4 Å². The fourth-order valence-corrected chi connectivity index (χ4v) is 10.2. The van der Waals surface area contributed by atoms with Gasteiger partial charge >= 0.3 is 0 Å². The van der Waals surface area contributed by atoms with Gasteiger partial charge in [-0.15, -0.1) is 0 Å². The number of nitrogens with one attached hydrogen (secondary N) is 1. The average Bonchev–Trinajstić information content (AvgIpc) is 3.09. The van der Waals surface area contributed by atoms with Crippen molar-refractivity contribution in [1.82, 2.24) is 0 Å². The van der Waals surface area contributed by atoms with Crippen molar-refractivity contribution in [3.63, 3.8) is 0 Å². The molecule has 4 aromatic rings. The van der Waals surface area contributed by atoms with E-state index in [1.54, 1.807) is 69.3 Å². The maximum atomic E-state index is 12.7. The number of fused-ring (bicyclic) bond motifs is 2. The largest absolute Gasteiger partial charge is 0.496 e. The van der Waals surface area contributed by atoms with Crippen molar-refractivity contribution in [1.29, 1.82) is 0 Å². The first-order chi connectivity index (χ1) is 26.1. The molecular weight excluding hydrogens is 785 g/mol. The van der Waals surface area contributed by atoms with Gasteiger partial charge in [0.05, 0.1) is 25.3 Å². The van der Waals surface area contributed by atoms with Crippen LogP contribution < -0.4 is 20.1 Å². The standard InChI is InChI=1S/C39H38N2O12S3/c1-19-34(21(3)38(55(45,46)47)23(5)36(19)51-7)40-25-13-15-27-30(17-25)53-31-18-26(14-16-28(31)33(27)29-11-9-10-12-32(29)54(42,43)44)41-35-20(2)37(52-8)24(6)39(22(35)4)56(48,49)50/h9-18,40H,1-8H3,(H,42,43,44)(H,45,46,47)(H,48,49,50)/b41-26+. The summed E-state index contributed by atoms with van der Waals surface area (Å²) in [5.74, 6) is 0.698. The second kappa shape index (κ2) is 14.3. The van der Waals surface area contributed by atoms with E-state index in [0.29, 0.717) is 44.4 Å². The van der Waals surface area contributed by atoms with E-state index in [0.717, 1.165) is 0 Å². The van der Waals surface area contributed by atoms with Crippen LogP contribution >= 0.6 is 0 Å². The minimum absolute atomic E-state index is 0.173. The monoisotopic (exact) mass is 822 g/mol. The molecule has 0 amide bonds. The van der Waals surface area contributed by atoms with Gasteiger partial charge in [0.1, 0.15) is 37.5 Å². The summed E-state index contributed by atoms with van der Waals surface area (Å²) in [7, 11) is -11.3.